The first kappa shape index (κ1) is 20.5. The maximum absolute atomic E-state index is 12.7. The number of sulfone groups is 1. The standard InChI is InChI=1S/C20H24N4O5S/c25-18-6-1-2-10-23(18)15-5-3-4-14(12-15)21-20(27)17-7-8-19(26)24(22-17)16-9-11-30(28,29)13-16/h3-5,12,16H,1-2,6-11,13H2,(H,21,27). The molecule has 0 spiro atoms. The minimum absolute atomic E-state index is 0.0283. The molecule has 1 aromatic rings. The fourth-order valence-corrected chi connectivity index (χ4v) is 5.71. The molecule has 10 heteroatoms. The number of hydrazone groups is 1. The fraction of sp³-hybridized carbons (Fsp3) is 0.500. The van der Waals surface area contributed by atoms with E-state index >= 15 is 0 Å². The highest BCUT2D eigenvalue weighted by Gasteiger charge is 2.37. The van der Waals surface area contributed by atoms with Crippen LogP contribution in [0.4, 0.5) is 11.4 Å². The van der Waals surface area contributed by atoms with E-state index in [2.05, 4.69) is 10.4 Å². The van der Waals surface area contributed by atoms with Crippen LogP contribution in [-0.2, 0) is 24.2 Å². The van der Waals surface area contributed by atoms with Gasteiger partial charge < -0.3 is 10.2 Å². The van der Waals surface area contributed by atoms with Gasteiger partial charge in [-0.2, -0.15) is 5.10 Å². The number of carbonyl (C=O) groups excluding carboxylic acids is 3. The number of amides is 3. The number of nitrogens with one attached hydrogen (secondary N) is 1. The molecule has 3 aliphatic rings. The summed E-state index contributed by atoms with van der Waals surface area (Å²) < 4.78 is 23.5. The molecule has 3 aliphatic heterocycles. The van der Waals surface area contributed by atoms with E-state index in [1.54, 1.807) is 23.1 Å². The van der Waals surface area contributed by atoms with Crippen LogP contribution in [0.15, 0.2) is 29.4 Å². The molecule has 1 N–H and O–H groups in total. The molecule has 0 bridgehead atoms. The van der Waals surface area contributed by atoms with Crippen molar-refractivity contribution in [3.63, 3.8) is 0 Å². The van der Waals surface area contributed by atoms with Gasteiger partial charge in [0.25, 0.3) is 5.91 Å². The number of benzene rings is 1. The third-order valence-electron chi connectivity index (χ3n) is 5.62. The Morgan fingerprint density at radius 2 is 1.93 bits per heavy atom. The molecule has 3 amide bonds. The SMILES string of the molecule is O=C(Nc1cccc(N2CCCCC2=O)c1)C1=NN(C2CCS(=O)(=O)C2)C(=O)CC1. The Balaban J connectivity index is 1.48. The zero-order chi connectivity index (χ0) is 21.3. The summed E-state index contributed by atoms with van der Waals surface area (Å²) in [6, 6.07) is 6.56. The van der Waals surface area contributed by atoms with E-state index in [1.807, 2.05) is 6.07 Å². The topological polar surface area (TPSA) is 116 Å². The summed E-state index contributed by atoms with van der Waals surface area (Å²) in [5.74, 6) is -0.722. The van der Waals surface area contributed by atoms with E-state index < -0.39 is 21.8 Å². The van der Waals surface area contributed by atoms with Gasteiger partial charge in [0.2, 0.25) is 11.8 Å². The highest BCUT2D eigenvalue weighted by atomic mass is 32.2. The van der Waals surface area contributed by atoms with Crippen LogP contribution in [0, 0.1) is 0 Å². The first-order valence-corrected chi connectivity index (χ1v) is 12.0. The minimum Gasteiger partial charge on any atom is -0.321 e. The van der Waals surface area contributed by atoms with E-state index in [0.717, 1.165) is 18.5 Å². The van der Waals surface area contributed by atoms with Crippen LogP contribution in [0.25, 0.3) is 0 Å². The van der Waals surface area contributed by atoms with Crippen molar-refractivity contribution in [2.75, 3.05) is 28.3 Å². The number of piperidine rings is 1. The van der Waals surface area contributed by atoms with Crippen LogP contribution in [0.1, 0.15) is 38.5 Å². The number of nitrogens with zero attached hydrogens (tertiary/aromatic N) is 3. The number of anilines is 2. The number of carbonyl (C=O) groups is 3. The summed E-state index contributed by atoms with van der Waals surface area (Å²) in [5, 5.41) is 8.15. The van der Waals surface area contributed by atoms with Gasteiger partial charge in [0.1, 0.15) is 5.71 Å². The molecule has 4 rings (SSSR count). The molecular weight excluding hydrogens is 408 g/mol. The van der Waals surface area contributed by atoms with Crippen molar-refractivity contribution in [2.45, 2.75) is 44.6 Å². The summed E-state index contributed by atoms with van der Waals surface area (Å²) >= 11 is 0. The van der Waals surface area contributed by atoms with Crippen molar-refractivity contribution in [1.82, 2.24) is 5.01 Å². The van der Waals surface area contributed by atoms with Crippen molar-refractivity contribution in [2.24, 2.45) is 5.10 Å². The predicted octanol–water partition coefficient (Wildman–Crippen LogP) is 1.31. The second kappa shape index (κ2) is 8.17. The van der Waals surface area contributed by atoms with Gasteiger partial charge in [0, 0.05) is 37.2 Å². The molecule has 160 valence electrons. The molecular formula is C20H24N4O5S. The lowest BCUT2D eigenvalue weighted by Gasteiger charge is -2.28. The molecule has 0 radical (unpaired) electrons. The molecule has 2 saturated heterocycles. The largest absolute Gasteiger partial charge is 0.321 e. The first-order valence-electron chi connectivity index (χ1n) is 10.1. The zero-order valence-electron chi connectivity index (χ0n) is 16.5. The molecule has 0 aromatic heterocycles. The van der Waals surface area contributed by atoms with Gasteiger partial charge in [-0.3, -0.25) is 14.4 Å². The van der Waals surface area contributed by atoms with Crippen molar-refractivity contribution in [3.8, 4) is 0 Å². The van der Waals surface area contributed by atoms with Gasteiger partial charge in [0.15, 0.2) is 9.84 Å². The predicted molar refractivity (Wildman–Crippen MR) is 112 cm³/mol. The van der Waals surface area contributed by atoms with Crippen molar-refractivity contribution in [1.29, 1.82) is 0 Å². The van der Waals surface area contributed by atoms with Gasteiger partial charge in [-0.25, -0.2) is 13.4 Å². The van der Waals surface area contributed by atoms with Crippen molar-refractivity contribution >= 4 is 44.6 Å². The van der Waals surface area contributed by atoms with E-state index in [-0.39, 0.29) is 41.9 Å². The normalized spacial score (nSPS) is 24.0. The Morgan fingerprint density at radius 3 is 2.67 bits per heavy atom. The van der Waals surface area contributed by atoms with E-state index in [9.17, 15) is 22.8 Å². The summed E-state index contributed by atoms with van der Waals surface area (Å²) in [4.78, 5) is 38.8. The Morgan fingerprint density at radius 1 is 1.10 bits per heavy atom. The third-order valence-corrected chi connectivity index (χ3v) is 7.37. The third kappa shape index (κ3) is 4.38. The summed E-state index contributed by atoms with van der Waals surface area (Å²) in [6.45, 7) is 0.657. The molecule has 9 nitrogen and oxygen atoms in total. The van der Waals surface area contributed by atoms with Crippen LogP contribution in [0.2, 0.25) is 0 Å². The molecule has 1 atom stereocenters. The van der Waals surface area contributed by atoms with Gasteiger partial charge in [0.05, 0.1) is 17.5 Å². The van der Waals surface area contributed by atoms with Crippen LogP contribution in [0.3, 0.4) is 0 Å². The molecule has 0 saturated carbocycles. The zero-order valence-corrected chi connectivity index (χ0v) is 17.4. The molecule has 3 heterocycles. The molecule has 1 aromatic carbocycles. The monoisotopic (exact) mass is 432 g/mol. The average molecular weight is 433 g/mol. The maximum atomic E-state index is 12.7. The fourth-order valence-electron chi connectivity index (χ4n) is 4.02. The van der Waals surface area contributed by atoms with E-state index in [0.29, 0.717) is 25.1 Å². The van der Waals surface area contributed by atoms with Crippen LogP contribution >= 0.6 is 0 Å². The molecule has 1 unspecified atom stereocenters. The molecule has 2 fully saturated rings. The number of hydrogen-bond donors (Lipinski definition) is 1. The highest BCUT2D eigenvalue weighted by molar-refractivity contribution is 7.91. The van der Waals surface area contributed by atoms with Crippen LogP contribution in [0.5, 0.6) is 0 Å². The second-order valence-electron chi connectivity index (χ2n) is 7.85. The van der Waals surface area contributed by atoms with E-state index in [1.165, 1.54) is 5.01 Å². The Bertz CT molecular complexity index is 1020. The lowest BCUT2D eigenvalue weighted by molar-refractivity contribution is -0.133. The smallest absolute Gasteiger partial charge is 0.271 e. The Kier molecular flexibility index (Phi) is 5.59. The molecule has 30 heavy (non-hydrogen) atoms. The summed E-state index contributed by atoms with van der Waals surface area (Å²) in [5.41, 5.74) is 1.46. The van der Waals surface area contributed by atoms with Gasteiger partial charge in [-0.05, 0) is 37.5 Å². The summed E-state index contributed by atoms with van der Waals surface area (Å²) in [6.07, 6.45) is 3.01. The van der Waals surface area contributed by atoms with Crippen molar-refractivity contribution in [3.05, 3.63) is 24.3 Å². The van der Waals surface area contributed by atoms with Crippen LogP contribution < -0.4 is 10.2 Å². The van der Waals surface area contributed by atoms with E-state index in [4.69, 9.17) is 0 Å². The Labute approximate surface area is 175 Å². The first-order chi connectivity index (χ1) is 14.3. The van der Waals surface area contributed by atoms with Gasteiger partial charge in [-0.15, -0.1) is 0 Å². The van der Waals surface area contributed by atoms with Crippen molar-refractivity contribution < 1.29 is 22.8 Å². The van der Waals surface area contributed by atoms with Gasteiger partial charge >= 0.3 is 0 Å². The Hall–Kier alpha value is -2.75. The quantitative estimate of drug-likeness (QED) is 0.770. The molecule has 0 aliphatic carbocycles. The lowest BCUT2D eigenvalue weighted by Crippen LogP contribution is -2.42. The second-order valence-corrected chi connectivity index (χ2v) is 10.1. The highest BCUT2D eigenvalue weighted by Crippen LogP contribution is 2.25. The van der Waals surface area contributed by atoms with Crippen LogP contribution in [-0.4, -0.2) is 61.0 Å². The summed E-state index contributed by atoms with van der Waals surface area (Å²) in [7, 11) is -3.17. The number of rotatable bonds is 4. The lowest BCUT2D eigenvalue weighted by atomic mass is 10.1. The maximum Gasteiger partial charge on any atom is 0.271 e. The minimum atomic E-state index is -3.17. The number of hydrogen-bond acceptors (Lipinski definition) is 6. The average Bonchev–Trinajstić information content (AvgIpc) is 3.08. The van der Waals surface area contributed by atoms with Gasteiger partial charge in [-0.1, -0.05) is 6.07 Å².